The van der Waals surface area contributed by atoms with Crippen molar-refractivity contribution in [1.82, 2.24) is 19.8 Å². The fourth-order valence-electron chi connectivity index (χ4n) is 1.98. The normalized spacial score (nSPS) is 15.1. The van der Waals surface area contributed by atoms with E-state index in [0.29, 0.717) is 37.7 Å². The average molecular weight is 277 g/mol. The molecule has 1 fully saturated rings. The molecule has 0 spiro atoms. The maximum atomic E-state index is 12.2. The summed E-state index contributed by atoms with van der Waals surface area (Å²) in [6.45, 7) is 5.11. The third kappa shape index (κ3) is 3.43. The number of rotatable bonds is 5. The molecule has 0 aromatic carbocycles. The Bertz CT molecular complexity index is 454. The number of carbonyl (C=O) groups excluding carboxylic acids is 2. The van der Waals surface area contributed by atoms with Gasteiger partial charge in [-0.1, -0.05) is 6.92 Å². The Labute approximate surface area is 118 Å². The summed E-state index contributed by atoms with van der Waals surface area (Å²) in [6.07, 6.45) is 4.89. The van der Waals surface area contributed by atoms with E-state index in [0.717, 1.165) is 19.4 Å². The van der Waals surface area contributed by atoms with Crippen molar-refractivity contribution in [2.75, 3.05) is 38.0 Å². The molecule has 1 N–H and O–H groups in total. The van der Waals surface area contributed by atoms with Crippen LogP contribution in [-0.2, 0) is 4.79 Å². The summed E-state index contributed by atoms with van der Waals surface area (Å²) in [6, 6.07) is 0. The molecule has 108 valence electrons. The SMILES string of the molecule is CCCNc1cnc(C(=O)N2CCN(C=O)CC2)cn1. The zero-order chi connectivity index (χ0) is 14.4. The summed E-state index contributed by atoms with van der Waals surface area (Å²) in [4.78, 5) is 34.5. The van der Waals surface area contributed by atoms with Crippen LogP contribution in [0.3, 0.4) is 0 Å². The van der Waals surface area contributed by atoms with Crippen molar-refractivity contribution < 1.29 is 9.59 Å². The van der Waals surface area contributed by atoms with Crippen LogP contribution in [0.1, 0.15) is 23.8 Å². The molecule has 0 aliphatic carbocycles. The van der Waals surface area contributed by atoms with E-state index < -0.39 is 0 Å². The lowest BCUT2D eigenvalue weighted by atomic mass is 10.3. The minimum absolute atomic E-state index is 0.134. The van der Waals surface area contributed by atoms with Crippen LogP contribution in [0.25, 0.3) is 0 Å². The van der Waals surface area contributed by atoms with E-state index in [1.54, 1.807) is 16.0 Å². The lowest BCUT2D eigenvalue weighted by Crippen LogP contribution is -2.48. The number of anilines is 1. The monoisotopic (exact) mass is 277 g/mol. The van der Waals surface area contributed by atoms with Gasteiger partial charge in [0.15, 0.2) is 0 Å². The summed E-state index contributed by atoms with van der Waals surface area (Å²) >= 11 is 0. The predicted octanol–water partition coefficient (Wildman–Crippen LogP) is 0.213. The van der Waals surface area contributed by atoms with Crippen molar-refractivity contribution in [3.63, 3.8) is 0 Å². The smallest absolute Gasteiger partial charge is 0.274 e. The number of amides is 2. The van der Waals surface area contributed by atoms with Crippen LogP contribution < -0.4 is 5.32 Å². The van der Waals surface area contributed by atoms with Gasteiger partial charge in [-0.25, -0.2) is 9.97 Å². The van der Waals surface area contributed by atoms with E-state index in [4.69, 9.17) is 0 Å². The second kappa shape index (κ2) is 6.83. The van der Waals surface area contributed by atoms with Crippen LogP contribution in [0.5, 0.6) is 0 Å². The van der Waals surface area contributed by atoms with Crippen LogP contribution in [-0.4, -0.2) is 64.8 Å². The Morgan fingerprint density at radius 3 is 2.60 bits per heavy atom. The Kier molecular flexibility index (Phi) is 4.86. The first-order valence-electron chi connectivity index (χ1n) is 6.79. The van der Waals surface area contributed by atoms with E-state index in [2.05, 4.69) is 22.2 Å². The van der Waals surface area contributed by atoms with Gasteiger partial charge in [0.25, 0.3) is 5.91 Å². The molecule has 0 radical (unpaired) electrons. The molecule has 1 aliphatic rings. The topological polar surface area (TPSA) is 78.4 Å². The Morgan fingerprint density at radius 1 is 1.30 bits per heavy atom. The van der Waals surface area contributed by atoms with E-state index in [1.165, 1.54) is 6.20 Å². The molecule has 7 heteroatoms. The molecule has 1 aromatic rings. The molecule has 1 saturated heterocycles. The van der Waals surface area contributed by atoms with Gasteiger partial charge < -0.3 is 15.1 Å². The van der Waals surface area contributed by atoms with Crippen molar-refractivity contribution in [3.8, 4) is 0 Å². The molecule has 0 atom stereocenters. The average Bonchev–Trinajstić information content (AvgIpc) is 2.53. The van der Waals surface area contributed by atoms with E-state index in [9.17, 15) is 9.59 Å². The highest BCUT2D eigenvalue weighted by Crippen LogP contribution is 2.07. The van der Waals surface area contributed by atoms with Gasteiger partial charge >= 0.3 is 0 Å². The molecule has 1 aromatic heterocycles. The Balaban J connectivity index is 1.94. The molecular formula is C13H19N5O2. The number of carbonyl (C=O) groups is 2. The van der Waals surface area contributed by atoms with Crippen LogP contribution >= 0.6 is 0 Å². The van der Waals surface area contributed by atoms with E-state index in [1.807, 2.05) is 0 Å². The fraction of sp³-hybridized carbons (Fsp3) is 0.538. The number of piperazine rings is 1. The quantitative estimate of drug-likeness (QED) is 0.779. The highest BCUT2D eigenvalue weighted by molar-refractivity contribution is 5.92. The standard InChI is InChI=1S/C13H19N5O2/c1-2-3-14-12-9-15-11(8-16-12)13(20)18-6-4-17(10-19)5-7-18/h8-10H,2-7H2,1H3,(H,14,16). The molecule has 7 nitrogen and oxygen atoms in total. The van der Waals surface area contributed by atoms with Gasteiger partial charge in [-0.2, -0.15) is 0 Å². The minimum Gasteiger partial charge on any atom is -0.369 e. The van der Waals surface area contributed by atoms with Crippen molar-refractivity contribution in [2.24, 2.45) is 0 Å². The Hall–Kier alpha value is -2.18. The van der Waals surface area contributed by atoms with Gasteiger partial charge in [-0.3, -0.25) is 9.59 Å². The van der Waals surface area contributed by atoms with Gasteiger partial charge in [-0.05, 0) is 6.42 Å². The number of nitrogens with one attached hydrogen (secondary N) is 1. The number of hydrogen-bond acceptors (Lipinski definition) is 5. The molecular weight excluding hydrogens is 258 g/mol. The minimum atomic E-state index is -0.134. The second-order valence-corrected chi connectivity index (χ2v) is 4.65. The van der Waals surface area contributed by atoms with Gasteiger partial charge in [0, 0.05) is 32.7 Å². The maximum Gasteiger partial charge on any atom is 0.274 e. The van der Waals surface area contributed by atoms with Gasteiger partial charge in [0.2, 0.25) is 6.41 Å². The molecule has 20 heavy (non-hydrogen) atoms. The summed E-state index contributed by atoms with van der Waals surface area (Å²) in [5.74, 6) is 0.541. The first kappa shape index (κ1) is 14.2. The number of aromatic nitrogens is 2. The van der Waals surface area contributed by atoms with Crippen LogP contribution in [0.15, 0.2) is 12.4 Å². The van der Waals surface area contributed by atoms with Crippen LogP contribution in [0, 0.1) is 0 Å². The molecule has 1 aliphatic heterocycles. The summed E-state index contributed by atoms with van der Waals surface area (Å²) in [5.41, 5.74) is 0.339. The first-order chi connectivity index (χ1) is 9.74. The molecule has 2 heterocycles. The van der Waals surface area contributed by atoms with E-state index >= 15 is 0 Å². The molecule has 2 amide bonds. The zero-order valence-electron chi connectivity index (χ0n) is 11.6. The highest BCUT2D eigenvalue weighted by Gasteiger charge is 2.22. The zero-order valence-corrected chi connectivity index (χ0v) is 11.6. The largest absolute Gasteiger partial charge is 0.369 e. The van der Waals surface area contributed by atoms with E-state index in [-0.39, 0.29) is 5.91 Å². The van der Waals surface area contributed by atoms with Crippen molar-refractivity contribution in [1.29, 1.82) is 0 Å². The molecule has 2 rings (SSSR count). The number of nitrogens with zero attached hydrogens (tertiary/aromatic N) is 4. The van der Waals surface area contributed by atoms with Crippen molar-refractivity contribution in [2.45, 2.75) is 13.3 Å². The maximum absolute atomic E-state index is 12.2. The van der Waals surface area contributed by atoms with Crippen molar-refractivity contribution >= 4 is 18.1 Å². The predicted molar refractivity (Wildman–Crippen MR) is 74.4 cm³/mol. The van der Waals surface area contributed by atoms with Crippen LogP contribution in [0.4, 0.5) is 5.82 Å². The van der Waals surface area contributed by atoms with Gasteiger partial charge in [0.1, 0.15) is 11.5 Å². The third-order valence-electron chi connectivity index (χ3n) is 3.18. The molecule has 0 unspecified atom stereocenters. The van der Waals surface area contributed by atoms with Gasteiger partial charge in [0.05, 0.1) is 12.4 Å². The summed E-state index contributed by atoms with van der Waals surface area (Å²) in [5, 5.41) is 3.11. The third-order valence-corrected chi connectivity index (χ3v) is 3.18. The highest BCUT2D eigenvalue weighted by atomic mass is 16.2. The number of hydrogen-bond donors (Lipinski definition) is 1. The van der Waals surface area contributed by atoms with Crippen molar-refractivity contribution in [3.05, 3.63) is 18.1 Å². The summed E-state index contributed by atoms with van der Waals surface area (Å²) < 4.78 is 0. The Morgan fingerprint density at radius 2 is 2.05 bits per heavy atom. The van der Waals surface area contributed by atoms with Gasteiger partial charge in [-0.15, -0.1) is 0 Å². The fourth-order valence-corrected chi connectivity index (χ4v) is 1.98. The lowest BCUT2D eigenvalue weighted by molar-refractivity contribution is -0.119. The molecule has 0 bridgehead atoms. The summed E-state index contributed by atoms with van der Waals surface area (Å²) in [7, 11) is 0. The van der Waals surface area contributed by atoms with Crippen LogP contribution in [0.2, 0.25) is 0 Å². The second-order valence-electron chi connectivity index (χ2n) is 4.65. The molecule has 0 saturated carbocycles. The lowest BCUT2D eigenvalue weighted by Gasteiger charge is -2.32. The first-order valence-corrected chi connectivity index (χ1v) is 6.79.